The van der Waals surface area contributed by atoms with E-state index in [0.29, 0.717) is 23.5 Å². The Morgan fingerprint density at radius 1 is 1.12 bits per heavy atom. The van der Waals surface area contributed by atoms with Crippen LogP contribution in [0.2, 0.25) is 0 Å². The van der Waals surface area contributed by atoms with Crippen LogP contribution in [0.1, 0.15) is 56.1 Å². The molecule has 1 saturated carbocycles. The molecule has 2 N–H and O–H groups in total. The summed E-state index contributed by atoms with van der Waals surface area (Å²) in [5.74, 6) is 0.854. The zero-order chi connectivity index (χ0) is 22.9. The lowest BCUT2D eigenvalue weighted by Crippen LogP contribution is -2.49. The second-order valence-electron chi connectivity index (χ2n) is 9.13. The summed E-state index contributed by atoms with van der Waals surface area (Å²) in [7, 11) is 0. The van der Waals surface area contributed by atoms with Crippen LogP contribution in [-0.2, 0) is 0 Å². The number of carbonyl (C=O) groups is 1. The summed E-state index contributed by atoms with van der Waals surface area (Å²) >= 11 is 0. The Hall–Kier alpha value is -3.27. The molecule has 1 aliphatic heterocycles. The van der Waals surface area contributed by atoms with Gasteiger partial charge in [-0.3, -0.25) is 4.90 Å². The fourth-order valence-electron chi connectivity index (χ4n) is 4.91. The first kappa shape index (κ1) is 21.6. The molecule has 0 aromatic carbocycles. The van der Waals surface area contributed by atoms with Crippen LogP contribution in [0.25, 0.3) is 11.0 Å². The predicted octanol–water partition coefficient (Wildman–Crippen LogP) is 3.31. The number of hydrogen-bond acceptors (Lipinski definition) is 8. The normalized spacial score (nSPS) is 17.8. The molecule has 0 amide bonds. The first-order valence-electron chi connectivity index (χ1n) is 11.7. The SMILES string of the molecule is CC(C)N1CCN(c2ccc(Nc3ncc4cc(C(=O)O)n(C5CCCC5)c4n3)nn2)CC1. The Morgan fingerprint density at radius 2 is 1.88 bits per heavy atom. The van der Waals surface area contributed by atoms with Gasteiger partial charge in [0.1, 0.15) is 11.3 Å². The summed E-state index contributed by atoms with van der Waals surface area (Å²) < 4.78 is 1.86. The van der Waals surface area contributed by atoms with Gasteiger partial charge in [0.15, 0.2) is 11.6 Å². The molecule has 2 fully saturated rings. The third-order valence-electron chi connectivity index (χ3n) is 6.74. The summed E-state index contributed by atoms with van der Waals surface area (Å²) in [5.41, 5.74) is 0.912. The summed E-state index contributed by atoms with van der Waals surface area (Å²) in [6.45, 7) is 8.36. The van der Waals surface area contributed by atoms with Crippen LogP contribution in [0.5, 0.6) is 0 Å². The van der Waals surface area contributed by atoms with E-state index in [2.05, 4.69) is 49.1 Å². The quantitative estimate of drug-likeness (QED) is 0.584. The minimum absolute atomic E-state index is 0.159. The lowest BCUT2D eigenvalue weighted by molar-refractivity contribution is 0.0683. The largest absolute Gasteiger partial charge is 0.477 e. The van der Waals surface area contributed by atoms with E-state index in [4.69, 9.17) is 0 Å². The van der Waals surface area contributed by atoms with Crippen molar-refractivity contribution in [1.29, 1.82) is 0 Å². The molecule has 33 heavy (non-hydrogen) atoms. The number of aromatic nitrogens is 5. The second-order valence-corrected chi connectivity index (χ2v) is 9.13. The molecule has 1 aliphatic carbocycles. The molecule has 3 aromatic rings. The third-order valence-corrected chi connectivity index (χ3v) is 6.74. The van der Waals surface area contributed by atoms with Gasteiger partial charge >= 0.3 is 5.97 Å². The number of fused-ring (bicyclic) bond motifs is 1. The molecule has 5 rings (SSSR count). The van der Waals surface area contributed by atoms with E-state index in [1.807, 2.05) is 16.7 Å². The van der Waals surface area contributed by atoms with Gasteiger partial charge in [0, 0.05) is 49.8 Å². The molecule has 10 nitrogen and oxygen atoms in total. The number of aromatic carboxylic acids is 1. The summed E-state index contributed by atoms with van der Waals surface area (Å²) in [6.07, 6.45) is 5.81. The van der Waals surface area contributed by atoms with Gasteiger partial charge in [-0.05, 0) is 44.9 Å². The molecular weight excluding hydrogens is 420 g/mol. The van der Waals surface area contributed by atoms with Crippen molar-refractivity contribution in [2.75, 3.05) is 36.4 Å². The van der Waals surface area contributed by atoms with Gasteiger partial charge in [-0.2, -0.15) is 4.98 Å². The van der Waals surface area contributed by atoms with Crippen molar-refractivity contribution in [3.63, 3.8) is 0 Å². The van der Waals surface area contributed by atoms with Crippen molar-refractivity contribution in [3.8, 4) is 0 Å². The van der Waals surface area contributed by atoms with Crippen molar-refractivity contribution in [3.05, 3.63) is 30.1 Å². The molecule has 0 unspecified atom stereocenters. The minimum atomic E-state index is -0.940. The number of carboxylic acid groups (broad SMARTS) is 1. The minimum Gasteiger partial charge on any atom is -0.477 e. The lowest BCUT2D eigenvalue weighted by atomic mass is 10.2. The summed E-state index contributed by atoms with van der Waals surface area (Å²) in [5, 5.41) is 22.3. The molecule has 3 aromatic heterocycles. The predicted molar refractivity (Wildman–Crippen MR) is 126 cm³/mol. The van der Waals surface area contributed by atoms with Gasteiger partial charge in [-0.15, -0.1) is 10.2 Å². The molecule has 0 radical (unpaired) electrons. The number of anilines is 3. The zero-order valence-corrected chi connectivity index (χ0v) is 19.1. The number of hydrogen-bond donors (Lipinski definition) is 2. The maximum Gasteiger partial charge on any atom is 0.352 e. The van der Waals surface area contributed by atoms with E-state index in [9.17, 15) is 9.90 Å². The highest BCUT2D eigenvalue weighted by Gasteiger charge is 2.25. The van der Waals surface area contributed by atoms with E-state index < -0.39 is 5.97 Å². The van der Waals surface area contributed by atoms with Gasteiger partial charge in [-0.1, -0.05) is 12.8 Å². The van der Waals surface area contributed by atoms with E-state index in [1.165, 1.54) is 0 Å². The molecule has 4 heterocycles. The number of carboxylic acids is 1. The van der Waals surface area contributed by atoms with E-state index in [0.717, 1.165) is 63.1 Å². The smallest absolute Gasteiger partial charge is 0.352 e. The molecule has 10 heteroatoms. The fourth-order valence-corrected chi connectivity index (χ4v) is 4.91. The van der Waals surface area contributed by atoms with Crippen LogP contribution < -0.4 is 10.2 Å². The topological polar surface area (TPSA) is 112 Å². The van der Waals surface area contributed by atoms with Gasteiger partial charge in [0.2, 0.25) is 5.95 Å². The molecule has 0 bridgehead atoms. The maximum atomic E-state index is 11.8. The van der Waals surface area contributed by atoms with Gasteiger partial charge in [-0.25, -0.2) is 9.78 Å². The van der Waals surface area contributed by atoms with Gasteiger partial charge < -0.3 is 19.9 Å². The van der Waals surface area contributed by atoms with Crippen LogP contribution in [0.15, 0.2) is 24.4 Å². The Bertz CT molecular complexity index is 1130. The van der Waals surface area contributed by atoms with E-state index in [-0.39, 0.29) is 11.7 Å². The fraction of sp³-hybridized carbons (Fsp3) is 0.522. The Balaban J connectivity index is 1.34. The third kappa shape index (κ3) is 4.35. The van der Waals surface area contributed by atoms with Crippen LogP contribution >= 0.6 is 0 Å². The average molecular weight is 451 g/mol. The number of piperazine rings is 1. The molecule has 1 saturated heterocycles. The number of nitrogens with zero attached hydrogens (tertiary/aromatic N) is 7. The van der Waals surface area contributed by atoms with Crippen molar-refractivity contribution in [2.24, 2.45) is 0 Å². The molecule has 0 spiro atoms. The van der Waals surface area contributed by atoms with Crippen LogP contribution in [0, 0.1) is 0 Å². The van der Waals surface area contributed by atoms with Crippen LogP contribution in [0.3, 0.4) is 0 Å². The van der Waals surface area contributed by atoms with Crippen molar-refractivity contribution in [1.82, 2.24) is 29.6 Å². The molecule has 174 valence electrons. The van der Waals surface area contributed by atoms with Gasteiger partial charge in [0.25, 0.3) is 0 Å². The number of nitrogens with one attached hydrogen (secondary N) is 1. The number of rotatable bonds is 6. The zero-order valence-electron chi connectivity index (χ0n) is 19.1. The monoisotopic (exact) mass is 450 g/mol. The second kappa shape index (κ2) is 8.93. The van der Waals surface area contributed by atoms with E-state index in [1.54, 1.807) is 12.3 Å². The highest BCUT2D eigenvalue weighted by atomic mass is 16.4. The highest BCUT2D eigenvalue weighted by molar-refractivity contribution is 5.93. The first-order chi connectivity index (χ1) is 16.0. The van der Waals surface area contributed by atoms with Gasteiger partial charge in [0.05, 0.1) is 0 Å². The van der Waals surface area contributed by atoms with Crippen molar-refractivity contribution < 1.29 is 9.90 Å². The van der Waals surface area contributed by atoms with Crippen molar-refractivity contribution in [2.45, 2.75) is 51.6 Å². The average Bonchev–Trinajstić information content (AvgIpc) is 3.47. The summed E-state index contributed by atoms with van der Waals surface area (Å²) in [6, 6.07) is 6.22. The van der Waals surface area contributed by atoms with Crippen molar-refractivity contribution >= 4 is 34.6 Å². The van der Waals surface area contributed by atoms with E-state index >= 15 is 0 Å². The Kier molecular flexibility index (Phi) is 5.84. The molecule has 0 atom stereocenters. The maximum absolute atomic E-state index is 11.8. The highest BCUT2D eigenvalue weighted by Crippen LogP contribution is 2.34. The van der Waals surface area contributed by atoms with Crippen LogP contribution in [0.4, 0.5) is 17.6 Å². The Morgan fingerprint density at radius 3 is 2.52 bits per heavy atom. The lowest BCUT2D eigenvalue weighted by Gasteiger charge is -2.37. The Labute approximate surface area is 192 Å². The standard InChI is InChI=1S/C23H30N8O2/c1-15(2)29-9-11-30(12-10-29)20-8-7-19(27-28-20)25-23-24-14-16-13-18(22(32)33)31(21(16)26-23)17-5-3-4-6-17/h7-8,13-15,17H,3-6,9-12H2,1-2H3,(H,32,33)(H,24,25,26,27). The molecule has 2 aliphatic rings. The van der Waals surface area contributed by atoms with Crippen LogP contribution in [-0.4, -0.2) is 72.9 Å². The summed E-state index contributed by atoms with van der Waals surface area (Å²) in [4.78, 5) is 25.6. The molecular formula is C23H30N8O2. The first-order valence-corrected chi connectivity index (χ1v) is 11.7.